The molecule has 5 nitrogen and oxygen atoms in total. The molecule has 1 aliphatic rings. The van der Waals surface area contributed by atoms with E-state index in [0.717, 1.165) is 6.42 Å². The fraction of sp³-hybridized carbons (Fsp3) is 0.385. The van der Waals surface area contributed by atoms with Gasteiger partial charge in [0.25, 0.3) is 0 Å². The van der Waals surface area contributed by atoms with Gasteiger partial charge in [-0.2, -0.15) is 0 Å². The highest BCUT2D eigenvalue weighted by Gasteiger charge is 2.23. The molecule has 0 aliphatic carbocycles. The van der Waals surface area contributed by atoms with Crippen molar-refractivity contribution in [3.63, 3.8) is 0 Å². The molecule has 0 aromatic heterocycles. The summed E-state index contributed by atoms with van der Waals surface area (Å²) in [6, 6.07) is 6.94. The van der Waals surface area contributed by atoms with Crippen LogP contribution in [0.15, 0.2) is 24.3 Å². The summed E-state index contributed by atoms with van der Waals surface area (Å²) in [6.45, 7) is 1.94. The Morgan fingerprint density at radius 3 is 3.00 bits per heavy atom. The predicted octanol–water partition coefficient (Wildman–Crippen LogP) is 2.43. The molecule has 3 amide bonds. The molecule has 108 valence electrons. The molecule has 0 spiro atoms. The number of amides is 3. The van der Waals surface area contributed by atoms with Crippen molar-refractivity contribution in [1.29, 1.82) is 0 Å². The minimum Gasteiger partial charge on any atom is -0.336 e. The van der Waals surface area contributed by atoms with Gasteiger partial charge in [0.05, 0.1) is 11.1 Å². The van der Waals surface area contributed by atoms with Crippen molar-refractivity contribution in [2.75, 3.05) is 11.1 Å². The molecule has 1 aromatic carbocycles. The van der Waals surface area contributed by atoms with Crippen molar-refractivity contribution >= 4 is 41.0 Å². The highest BCUT2D eigenvalue weighted by atomic mass is 35.5. The molecule has 1 heterocycles. The van der Waals surface area contributed by atoms with E-state index in [-0.39, 0.29) is 29.1 Å². The summed E-state index contributed by atoms with van der Waals surface area (Å²) < 4.78 is 0. The molecule has 0 radical (unpaired) electrons. The van der Waals surface area contributed by atoms with Gasteiger partial charge in [0.1, 0.15) is 0 Å². The molecule has 1 fully saturated rings. The number of rotatable bonds is 4. The van der Waals surface area contributed by atoms with Crippen LogP contribution >= 0.6 is 23.4 Å². The maximum atomic E-state index is 11.8. The number of hydrogen-bond donors (Lipinski definition) is 3. The Balaban J connectivity index is 1.79. The Kier molecular flexibility index (Phi) is 5.14. The van der Waals surface area contributed by atoms with Crippen LogP contribution in [0.25, 0.3) is 0 Å². The normalized spacial score (nSPS) is 21.8. The van der Waals surface area contributed by atoms with E-state index in [2.05, 4.69) is 16.0 Å². The minimum atomic E-state index is -0.184. The van der Waals surface area contributed by atoms with Crippen LogP contribution in [0.5, 0.6) is 0 Å². The standard InChI is InChI=1S/C13H16ClN3O2S/c1-8-5-12(17-13(19)15-8)20-7-11(18)16-10-4-2-3-9(14)6-10/h2-4,6,8,12H,5,7H2,1H3,(H,16,18)(H2,15,17,19). The Bertz CT molecular complexity index is 512. The van der Waals surface area contributed by atoms with Crippen molar-refractivity contribution in [2.24, 2.45) is 0 Å². The second-order valence-corrected chi connectivity index (χ2v) is 6.24. The zero-order valence-electron chi connectivity index (χ0n) is 11.0. The van der Waals surface area contributed by atoms with Crippen molar-refractivity contribution < 1.29 is 9.59 Å². The average Bonchev–Trinajstić information content (AvgIpc) is 2.35. The summed E-state index contributed by atoms with van der Waals surface area (Å²) in [6.07, 6.45) is 0.793. The molecule has 2 rings (SSSR count). The Hall–Kier alpha value is -1.40. The van der Waals surface area contributed by atoms with Crippen molar-refractivity contribution in [3.8, 4) is 0 Å². The van der Waals surface area contributed by atoms with Gasteiger partial charge in [-0.05, 0) is 31.5 Å². The van der Waals surface area contributed by atoms with E-state index >= 15 is 0 Å². The third kappa shape index (κ3) is 4.61. The third-order valence-electron chi connectivity index (χ3n) is 2.76. The van der Waals surface area contributed by atoms with E-state index in [0.29, 0.717) is 10.7 Å². The molecule has 20 heavy (non-hydrogen) atoms. The smallest absolute Gasteiger partial charge is 0.315 e. The molecule has 0 bridgehead atoms. The predicted molar refractivity (Wildman–Crippen MR) is 82.1 cm³/mol. The quantitative estimate of drug-likeness (QED) is 0.799. The molecular weight excluding hydrogens is 298 g/mol. The van der Waals surface area contributed by atoms with E-state index in [1.807, 2.05) is 6.92 Å². The Morgan fingerprint density at radius 2 is 2.30 bits per heavy atom. The number of benzene rings is 1. The first kappa shape index (κ1) is 15.0. The summed E-state index contributed by atoms with van der Waals surface area (Å²) in [5.74, 6) is 0.169. The number of carbonyl (C=O) groups is 2. The fourth-order valence-corrected chi connectivity index (χ4v) is 3.13. The van der Waals surface area contributed by atoms with Crippen LogP contribution in [0.2, 0.25) is 5.02 Å². The van der Waals surface area contributed by atoms with Crippen LogP contribution in [0, 0.1) is 0 Å². The molecular formula is C13H16ClN3O2S. The van der Waals surface area contributed by atoms with Gasteiger partial charge in [0, 0.05) is 16.8 Å². The lowest BCUT2D eigenvalue weighted by Gasteiger charge is -2.28. The first-order valence-electron chi connectivity index (χ1n) is 6.27. The Labute approximate surface area is 126 Å². The van der Waals surface area contributed by atoms with Gasteiger partial charge in [0.2, 0.25) is 5.91 Å². The van der Waals surface area contributed by atoms with Crippen molar-refractivity contribution in [3.05, 3.63) is 29.3 Å². The maximum absolute atomic E-state index is 11.8. The largest absolute Gasteiger partial charge is 0.336 e. The number of urea groups is 1. The summed E-state index contributed by atoms with van der Waals surface area (Å²) in [5.41, 5.74) is 0.672. The van der Waals surface area contributed by atoms with Gasteiger partial charge in [-0.15, -0.1) is 11.8 Å². The first-order valence-corrected chi connectivity index (χ1v) is 7.69. The fourth-order valence-electron chi connectivity index (χ4n) is 1.90. The van der Waals surface area contributed by atoms with E-state index in [4.69, 9.17) is 11.6 Å². The van der Waals surface area contributed by atoms with Gasteiger partial charge in [0.15, 0.2) is 0 Å². The summed E-state index contributed by atoms with van der Waals surface area (Å²) in [7, 11) is 0. The van der Waals surface area contributed by atoms with Crippen LogP contribution in [-0.2, 0) is 4.79 Å². The van der Waals surface area contributed by atoms with Gasteiger partial charge < -0.3 is 16.0 Å². The Morgan fingerprint density at radius 1 is 1.50 bits per heavy atom. The number of nitrogens with one attached hydrogen (secondary N) is 3. The van der Waals surface area contributed by atoms with Crippen LogP contribution in [-0.4, -0.2) is 29.1 Å². The number of halogens is 1. The SMILES string of the molecule is CC1CC(SCC(=O)Nc2cccc(Cl)c2)NC(=O)N1. The molecule has 2 unspecified atom stereocenters. The topological polar surface area (TPSA) is 70.2 Å². The monoisotopic (exact) mass is 313 g/mol. The van der Waals surface area contributed by atoms with Gasteiger partial charge in [-0.3, -0.25) is 4.79 Å². The number of hydrogen-bond acceptors (Lipinski definition) is 3. The van der Waals surface area contributed by atoms with Gasteiger partial charge in [-0.25, -0.2) is 4.79 Å². The van der Waals surface area contributed by atoms with Crippen LogP contribution in [0.4, 0.5) is 10.5 Å². The number of thioether (sulfide) groups is 1. The molecule has 2 atom stereocenters. The molecule has 1 saturated heterocycles. The zero-order chi connectivity index (χ0) is 14.5. The maximum Gasteiger partial charge on any atom is 0.315 e. The molecule has 1 aromatic rings. The summed E-state index contributed by atoms with van der Waals surface area (Å²) in [4.78, 5) is 23.1. The highest BCUT2D eigenvalue weighted by molar-refractivity contribution is 8.00. The molecule has 7 heteroatoms. The van der Waals surface area contributed by atoms with E-state index in [9.17, 15) is 9.59 Å². The average molecular weight is 314 g/mol. The second kappa shape index (κ2) is 6.85. The van der Waals surface area contributed by atoms with Crippen molar-refractivity contribution in [1.82, 2.24) is 10.6 Å². The summed E-state index contributed by atoms with van der Waals surface area (Å²) in [5, 5.41) is 8.86. The van der Waals surface area contributed by atoms with E-state index in [1.165, 1.54) is 11.8 Å². The molecule has 0 saturated carbocycles. The molecule has 1 aliphatic heterocycles. The van der Waals surface area contributed by atoms with Gasteiger partial charge in [-0.1, -0.05) is 17.7 Å². The highest BCUT2D eigenvalue weighted by Crippen LogP contribution is 2.18. The van der Waals surface area contributed by atoms with E-state index in [1.54, 1.807) is 24.3 Å². The number of carbonyl (C=O) groups excluding carboxylic acids is 2. The van der Waals surface area contributed by atoms with Crippen molar-refractivity contribution in [2.45, 2.75) is 24.8 Å². The minimum absolute atomic E-state index is 0.0381. The lowest BCUT2D eigenvalue weighted by atomic mass is 10.2. The summed E-state index contributed by atoms with van der Waals surface area (Å²) >= 11 is 7.27. The second-order valence-electron chi connectivity index (χ2n) is 4.61. The van der Waals surface area contributed by atoms with E-state index < -0.39 is 0 Å². The van der Waals surface area contributed by atoms with Crippen LogP contribution < -0.4 is 16.0 Å². The zero-order valence-corrected chi connectivity index (χ0v) is 12.6. The molecule has 3 N–H and O–H groups in total. The van der Waals surface area contributed by atoms with Gasteiger partial charge >= 0.3 is 6.03 Å². The number of anilines is 1. The lowest BCUT2D eigenvalue weighted by Crippen LogP contribution is -2.52. The third-order valence-corrected chi connectivity index (χ3v) is 4.14. The lowest BCUT2D eigenvalue weighted by molar-refractivity contribution is -0.113. The van der Waals surface area contributed by atoms with Crippen LogP contribution in [0.1, 0.15) is 13.3 Å². The van der Waals surface area contributed by atoms with Crippen LogP contribution in [0.3, 0.4) is 0 Å². The first-order chi connectivity index (χ1) is 9.52.